The summed E-state index contributed by atoms with van der Waals surface area (Å²) in [6.07, 6.45) is -3.61. The van der Waals surface area contributed by atoms with Gasteiger partial charge < -0.3 is 20.3 Å². The Morgan fingerprint density at radius 2 is 1.68 bits per heavy atom. The maximum atomic E-state index is 13.7. The highest BCUT2D eigenvalue weighted by atomic mass is 32.2. The normalized spacial score (nSPS) is 19.5. The van der Waals surface area contributed by atoms with Crippen LogP contribution in [-0.2, 0) is 20.8 Å². The van der Waals surface area contributed by atoms with Gasteiger partial charge in [-0.05, 0) is 6.07 Å². The summed E-state index contributed by atoms with van der Waals surface area (Å²) in [5.74, 6) is 0.285. The third-order valence-electron chi connectivity index (χ3n) is 5.17. The van der Waals surface area contributed by atoms with Crippen LogP contribution in [0.25, 0.3) is 11.3 Å². The van der Waals surface area contributed by atoms with Gasteiger partial charge in [0.25, 0.3) is 0 Å². The van der Waals surface area contributed by atoms with Crippen molar-refractivity contribution in [3.05, 3.63) is 23.9 Å². The third kappa shape index (κ3) is 4.82. The molecule has 13 heteroatoms. The van der Waals surface area contributed by atoms with E-state index in [4.69, 9.17) is 10.5 Å². The second-order valence-electron chi connectivity index (χ2n) is 7.30. The van der Waals surface area contributed by atoms with Crippen LogP contribution in [0.15, 0.2) is 18.3 Å². The summed E-state index contributed by atoms with van der Waals surface area (Å²) in [6.45, 7) is 2.28. The van der Waals surface area contributed by atoms with Gasteiger partial charge in [0.15, 0.2) is 9.84 Å². The molecule has 0 aliphatic carbocycles. The molecule has 168 valence electrons. The number of sulfone groups is 1. The largest absolute Gasteiger partial charge is 0.417 e. The van der Waals surface area contributed by atoms with E-state index < -0.39 is 21.6 Å². The molecule has 4 rings (SSSR count). The molecule has 2 saturated heterocycles. The molecule has 2 aliphatic heterocycles. The molecular formula is C18H21F3N6O3S. The molecule has 0 amide bonds. The first kappa shape index (κ1) is 21.6. The molecule has 31 heavy (non-hydrogen) atoms. The Labute approximate surface area is 177 Å². The van der Waals surface area contributed by atoms with E-state index in [1.165, 1.54) is 6.07 Å². The van der Waals surface area contributed by atoms with Gasteiger partial charge in [-0.3, -0.25) is 0 Å². The van der Waals surface area contributed by atoms with Gasteiger partial charge in [0.1, 0.15) is 11.6 Å². The van der Waals surface area contributed by atoms with E-state index in [2.05, 4.69) is 15.0 Å². The van der Waals surface area contributed by atoms with Crippen molar-refractivity contribution >= 4 is 27.4 Å². The Morgan fingerprint density at radius 3 is 2.32 bits per heavy atom. The molecular weight excluding hydrogens is 437 g/mol. The Bertz CT molecular complexity index is 1060. The third-order valence-corrected chi connectivity index (χ3v) is 6.78. The minimum atomic E-state index is -4.66. The van der Waals surface area contributed by atoms with E-state index in [9.17, 15) is 21.6 Å². The molecule has 2 fully saturated rings. The lowest BCUT2D eigenvalue weighted by atomic mass is 10.1. The molecule has 0 unspecified atom stereocenters. The summed E-state index contributed by atoms with van der Waals surface area (Å²) in [5.41, 5.74) is 4.37. The van der Waals surface area contributed by atoms with E-state index in [0.29, 0.717) is 32.1 Å². The van der Waals surface area contributed by atoms with E-state index in [1.807, 2.05) is 4.90 Å². The quantitative estimate of drug-likeness (QED) is 0.725. The number of pyridine rings is 1. The van der Waals surface area contributed by atoms with Crippen molar-refractivity contribution in [2.75, 3.05) is 66.4 Å². The highest BCUT2D eigenvalue weighted by Gasteiger charge is 2.35. The number of ether oxygens (including phenoxy) is 1. The number of hydrogen-bond acceptors (Lipinski definition) is 9. The van der Waals surface area contributed by atoms with Gasteiger partial charge in [0.2, 0.25) is 5.95 Å². The molecule has 0 saturated carbocycles. The lowest BCUT2D eigenvalue weighted by Gasteiger charge is -2.31. The predicted molar refractivity (Wildman–Crippen MR) is 109 cm³/mol. The van der Waals surface area contributed by atoms with E-state index >= 15 is 0 Å². The topological polar surface area (TPSA) is 115 Å². The van der Waals surface area contributed by atoms with Gasteiger partial charge in [0.05, 0.1) is 36.0 Å². The molecule has 0 atom stereocenters. The molecule has 2 aliphatic rings. The van der Waals surface area contributed by atoms with Crippen LogP contribution in [0.3, 0.4) is 0 Å². The number of rotatable bonds is 3. The second-order valence-corrected chi connectivity index (χ2v) is 9.61. The zero-order valence-corrected chi connectivity index (χ0v) is 17.3. The van der Waals surface area contributed by atoms with Crippen molar-refractivity contribution in [1.82, 2.24) is 15.0 Å². The Kier molecular flexibility index (Phi) is 5.64. The van der Waals surface area contributed by atoms with Gasteiger partial charge in [0, 0.05) is 44.0 Å². The van der Waals surface area contributed by atoms with Gasteiger partial charge in [-0.15, -0.1) is 0 Å². The SMILES string of the molecule is Nc1cc(C(F)(F)F)c(-c2cc(N3CCS(=O)(=O)CC3)nc(N3CCOCC3)n2)cn1. The second kappa shape index (κ2) is 8.11. The maximum absolute atomic E-state index is 13.7. The van der Waals surface area contributed by atoms with Crippen LogP contribution in [-0.4, -0.2) is 74.3 Å². The molecule has 0 radical (unpaired) electrons. The van der Waals surface area contributed by atoms with Crippen molar-refractivity contribution in [2.24, 2.45) is 0 Å². The fourth-order valence-electron chi connectivity index (χ4n) is 3.48. The predicted octanol–water partition coefficient (Wildman–Crippen LogP) is 1.21. The standard InChI is InChI=1S/C18H21F3N6O3S/c19-18(20,21)13-9-15(22)23-11-12(13)14-10-16(26-3-7-31(28,29)8-4-26)25-17(24-14)27-1-5-30-6-2-27/h9-11H,1-8H2,(H2,22,23). The first-order valence-corrected chi connectivity index (χ1v) is 11.4. The highest BCUT2D eigenvalue weighted by molar-refractivity contribution is 7.91. The van der Waals surface area contributed by atoms with Gasteiger partial charge >= 0.3 is 6.18 Å². The number of morpholine rings is 1. The Hall–Kier alpha value is -2.67. The number of nitrogen functional groups attached to an aromatic ring is 1. The minimum absolute atomic E-state index is 0.0414. The average Bonchev–Trinajstić information content (AvgIpc) is 2.73. The van der Waals surface area contributed by atoms with Gasteiger partial charge in [-0.2, -0.15) is 18.2 Å². The van der Waals surface area contributed by atoms with Gasteiger partial charge in [-0.1, -0.05) is 0 Å². The zero-order valence-electron chi connectivity index (χ0n) is 16.5. The lowest BCUT2D eigenvalue weighted by molar-refractivity contribution is -0.137. The number of nitrogens with zero attached hydrogens (tertiary/aromatic N) is 5. The molecule has 0 bridgehead atoms. The molecule has 2 N–H and O–H groups in total. The molecule has 9 nitrogen and oxygen atoms in total. The van der Waals surface area contributed by atoms with E-state index in [-0.39, 0.29) is 47.6 Å². The van der Waals surface area contributed by atoms with Crippen LogP contribution in [0.1, 0.15) is 5.56 Å². The van der Waals surface area contributed by atoms with Crippen LogP contribution >= 0.6 is 0 Å². The number of halogens is 3. The van der Waals surface area contributed by atoms with Crippen molar-refractivity contribution < 1.29 is 26.3 Å². The summed E-state index contributed by atoms with van der Waals surface area (Å²) >= 11 is 0. The summed E-state index contributed by atoms with van der Waals surface area (Å²) in [4.78, 5) is 16.3. The highest BCUT2D eigenvalue weighted by Crippen LogP contribution is 2.38. The minimum Gasteiger partial charge on any atom is -0.384 e. The average molecular weight is 458 g/mol. The molecule has 2 aromatic heterocycles. The van der Waals surface area contributed by atoms with Crippen molar-refractivity contribution in [1.29, 1.82) is 0 Å². The molecule has 2 aromatic rings. The summed E-state index contributed by atoms with van der Waals surface area (Å²) in [6, 6.07) is 2.21. The first-order valence-electron chi connectivity index (χ1n) is 9.63. The smallest absolute Gasteiger partial charge is 0.384 e. The maximum Gasteiger partial charge on any atom is 0.417 e. The molecule has 4 heterocycles. The molecule has 0 spiro atoms. The molecule has 0 aromatic carbocycles. The van der Waals surface area contributed by atoms with Crippen molar-refractivity contribution in [3.8, 4) is 11.3 Å². The number of aromatic nitrogens is 3. The number of alkyl halides is 3. The van der Waals surface area contributed by atoms with Crippen LogP contribution < -0.4 is 15.5 Å². The summed E-state index contributed by atoms with van der Waals surface area (Å²) in [5, 5.41) is 0. The Balaban J connectivity index is 1.81. The number of hydrogen-bond donors (Lipinski definition) is 1. The van der Waals surface area contributed by atoms with Crippen LogP contribution in [0, 0.1) is 0 Å². The fourth-order valence-corrected chi connectivity index (χ4v) is 4.68. The lowest BCUT2D eigenvalue weighted by Crippen LogP contribution is -2.41. The van der Waals surface area contributed by atoms with Crippen molar-refractivity contribution in [3.63, 3.8) is 0 Å². The van der Waals surface area contributed by atoms with Crippen LogP contribution in [0.4, 0.5) is 30.8 Å². The number of nitrogens with two attached hydrogens (primary N) is 1. The van der Waals surface area contributed by atoms with Gasteiger partial charge in [-0.25, -0.2) is 18.4 Å². The number of anilines is 3. The van der Waals surface area contributed by atoms with Crippen LogP contribution in [0.2, 0.25) is 0 Å². The monoisotopic (exact) mass is 458 g/mol. The Morgan fingerprint density at radius 1 is 1.00 bits per heavy atom. The van der Waals surface area contributed by atoms with E-state index in [0.717, 1.165) is 12.3 Å². The first-order chi connectivity index (χ1) is 14.6. The van der Waals surface area contributed by atoms with Crippen molar-refractivity contribution in [2.45, 2.75) is 6.18 Å². The van der Waals surface area contributed by atoms with E-state index in [1.54, 1.807) is 4.90 Å². The summed E-state index contributed by atoms with van der Waals surface area (Å²) < 4.78 is 70.0. The zero-order chi connectivity index (χ0) is 22.2. The van der Waals surface area contributed by atoms with Crippen LogP contribution in [0.5, 0.6) is 0 Å². The summed E-state index contributed by atoms with van der Waals surface area (Å²) in [7, 11) is -3.13. The fraction of sp³-hybridized carbons (Fsp3) is 0.500.